The second-order valence-corrected chi connectivity index (χ2v) is 7.46. The van der Waals surface area contributed by atoms with Crippen molar-refractivity contribution in [3.63, 3.8) is 0 Å². The van der Waals surface area contributed by atoms with E-state index in [0.717, 1.165) is 0 Å². The van der Waals surface area contributed by atoms with Crippen LogP contribution in [0, 0.1) is 17.1 Å². The predicted molar refractivity (Wildman–Crippen MR) is 112 cm³/mol. The molecule has 0 radical (unpaired) electrons. The number of hydrogen-bond acceptors (Lipinski definition) is 5. The molecule has 3 heterocycles. The van der Waals surface area contributed by atoms with Crippen molar-refractivity contribution in [3.05, 3.63) is 71.2 Å². The lowest BCUT2D eigenvalue weighted by atomic mass is 10.1. The Morgan fingerprint density at radius 1 is 1.39 bits per heavy atom. The topological polar surface area (TPSA) is 101 Å². The molecule has 8 nitrogen and oxygen atoms in total. The van der Waals surface area contributed by atoms with E-state index in [9.17, 15) is 9.18 Å². The fourth-order valence-electron chi connectivity index (χ4n) is 3.23. The summed E-state index contributed by atoms with van der Waals surface area (Å²) in [5, 5.41) is 16.3. The number of carbonyl (C=O) groups excluding carboxylic acids is 1. The summed E-state index contributed by atoms with van der Waals surface area (Å²) < 4.78 is 17.4. The van der Waals surface area contributed by atoms with E-state index < -0.39 is 5.82 Å². The van der Waals surface area contributed by atoms with E-state index in [1.54, 1.807) is 45.9 Å². The van der Waals surface area contributed by atoms with E-state index in [0.29, 0.717) is 29.3 Å². The van der Waals surface area contributed by atoms with Gasteiger partial charge >= 0.3 is 0 Å². The van der Waals surface area contributed by atoms with E-state index in [2.05, 4.69) is 20.4 Å². The molecular weight excluding hydrogens is 421 g/mol. The Balaban J connectivity index is 1.38. The molecule has 156 valence electrons. The van der Waals surface area contributed by atoms with Crippen LogP contribution in [0.5, 0.6) is 0 Å². The Labute approximate surface area is 181 Å². The minimum Gasteiger partial charge on any atom is -0.351 e. The van der Waals surface area contributed by atoms with Crippen molar-refractivity contribution in [2.24, 2.45) is 0 Å². The van der Waals surface area contributed by atoms with Gasteiger partial charge in [-0.05, 0) is 31.2 Å². The zero-order valence-electron chi connectivity index (χ0n) is 16.5. The number of nitriles is 1. The average Bonchev–Trinajstić information content (AvgIpc) is 3.33. The van der Waals surface area contributed by atoms with E-state index in [1.807, 2.05) is 13.1 Å². The van der Waals surface area contributed by atoms with Gasteiger partial charge in [-0.2, -0.15) is 10.4 Å². The highest BCUT2D eigenvalue weighted by molar-refractivity contribution is 6.32. The molecular formula is C21H17ClFN7O. The van der Waals surface area contributed by atoms with Gasteiger partial charge in [0.15, 0.2) is 0 Å². The normalized spacial score (nSPS) is 11.9. The predicted octanol–water partition coefficient (Wildman–Crippen LogP) is 3.00. The highest BCUT2D eigenvalue weighted by atomic mass is 35.5. The average molecular weight is 438 g/mol. The summed E-state index contributed by atoms with van der Waals surface area (Å²) in [6.07, 6.45) is 7.11. The molecule has 0 aliphatic carbocycles. The number of nitrogens with zero attached hydrogens (tertiary/aromatic N) is 6. The molecule has 10 heteroatoms. The van der Waals surface area contributed by atoms with E-state index in [4.69, 9.17) is 16.9 Å². The summed E-state index contributed by atoms with van der Waals surface area (Å²) in [5.74, 6) is -0.312. The number of amides is 1. The molecule has 3 aromatic heterocycles. The highest BCUT2D eigenvalue weighted by Crippen LogP contribution is 2.26. The van der Waals surface area contributed by atoms with E-state index in [1.165, 1.54) is 12.1 Å². The molecule has 0 saturated heterocycles. The lowest BCUT2D eigenvalue weighted by Gasteiger charge is -2.13. The van der Waals surface area contributed by atoms with Gasteiger partial charge in [0.1, 0.15) is 17.4 Å². The van der Waals surface area contributed by atoms with Crippen molar-refractivity contribution in [2.45, 2.75) is 25.9 Å². The fourth-order valence-corrected chi connectivity index (χ4v) is 3.48. The van der Waals surface area contributed by atoms with Crippen LogP contribution in [0.25, 0.3) is 17.0 Å². The van der Waals surface area contributed by atoms with Crippen LogP contribution in [-0.4, -0.2) is 36.1 Å². The van der Waals surface area contributed by atoms with Gasteiger partial charge in [0.05, 0.1) is 29.4 Å². The lowest BCUT2D eigenvalue weighted by molar-refractivity contribution is -0.121. The maximum Gasteiger partial charge on any atom is 0.233 e. The van der Waals surface area contributed by atoms with Gasteiger partial charge in [0.25, 0.3) is 0 Å². The smallest absolute Gasteiger partial charge is 0.233 e. The lowest BCUT2D eigenvalue weighted by Crippen LogP contribution is -2.36. The first-order valence-electron chi connectivity index (χ1n) is 9.44. The Morgan fingerprint density at radius 2 is 2.23 bits per heavy atom. The van der Waals surface area contributed by atoms with Crippen LogP contribution in [-0.2, 0) is 17.8 Å². The van der Waals surface area contributed by atoms with Crippen molar-refractivity contribution >= 4 is 23.3 Å². The second-order valence-electron chi connectivity index (χ2n) is 7.05. The Bertz CT molecular complexity index is 1250. The van der Waals surface area contributed by atoms with Gasteiger partial charge in [0.2, 0.25) is 11.7 Å². The zero-order valence-corrected chi connectivity index (χ0v) is 17.2. The summed E-state index contributed by atoms with van der Waals surface area (Å²) in [5.41, 5.74) is 1.42. The third kappa shape index (κ3) is 4.54. The number of fused-ring (bicyclic) bond motifs is 1. The van der Waals surface area contributed by atoms with Gasteiger partial charge in [-0.15, -0.1) is 0 Å². The Morgan fingerprint density at radius 3 is 2.97 bits per heavy atom. The monoisotopic (exact) mass is 437 g/mol. The van der Waals surface area contributed by atoms with Crippen LogP contribution in [0.1, 0.15) is 18.2 Å². The summed E-state index contributed by atoms with van der Waals surface area (Å²) in [6, 6.07) is 7.78. The largest absolute Gasteiger partial charge is 0.351 e. The minimum atomic E-state index is -0.692. The van der Waals surface area contributed by atoms with Crippen molar-refractivity contribution < 1.29 is 9.18 Å². The Hall–Kier alpha value is -3.77. The summed E-state index contributed by atoms with van der Waals surface area (Å²) in [6.45, 7) is 2.29. The van der Waals surface area contributed by atoms with Gasteiger partial charge in [0, 0.05) is 36.4 Å². The maximum atomic E-state index is 14.0. The van der Waals surface area contributed by atoms with Crippen LogP contribution in [0.3, 0.4) is 0 Å². The first-order valence-corrected chi connectivity index (χ1v) is 9.81. The Kier molecular flexibility index (Phi) is 5.64. The molecule has 1 amide bonds. The number of imidazole rings is 1. The van der Waals surface area contributed by atoms with Gasteiger partial charge < -0.3 is 5.32 Å². The van der Waals surface area contributed by atoms with Crippen molar-refractivity contribution in [1.82, 2.24) is 29.5 Å². The van der Waals surface area contributed by atoms with Crippen LogP contribution in [0.4, 0.5) is 4.39 Å². The quantitative estimate of drug-likeness (QED) is 0.499. The molecule has 0 bridgehead atoms. The number of halogens is 2. The molecule has 0 spiro atoms. The molecule has 1 atom stereocenters. The number of benzene rings is 1. The number of aromatic nitrogens is 5. The van der Waals surface area contributed by atoms with Crippen LogP contribution < -0.4 is 5.32 Å². The summed E-state index contributed by atoms with van der Waals surface area (Å²) in [4.78, 5) is 20.8. The first-order chi connectivity index (χ1) is 14.9. The molecule has 4 rings (SSSR count). The van der Waals surface area contributed by atoms with Crippen LogP contribution in [0.2, 0.25) is 5.02 Å². The molecule has 4 aromatic rings. The molecule has 0 saturated carbocycles. The molecule has 0 unspecified atom stereocenters. The van der Waals surface area contributed by atoms with Crippen LogP contribution in [0.15, 0.2) is 49.1 Å². The third-order valence-corrected chi connectivity index (χ3v) is 4.88. The van der Waals surface area contributed by atoms with Crippen molar-refractivity contribution in [1.29, 1.82) is 5.26 Å². The molecule has 1 N–H and O–H groups in total. The number of nitrogens with one attached hydrogen (secondary N) is 1. The molecule has 0 aliphatic rings. The summed E-state index contributed by atoms with van der Waals surface area (Å²) >= 11 is 5.97. The van der Waals surface area contributed by atoms with Crippen LogP contribution >= 0.6 is 11.6 Å². The van der Waals surface area contributed by atoms with Gasteiger partial charge in [-0.3, -0.25) is 13.9 Å². The third-order valence-electron chi connectivity index (χ3n) is 4.59. The second kappa shape index (κ2) is 8.53. The number of hydrogen-bond donors (Lipinski definition) is 1. The fraction of sp³-hybridized carbons (Fsp3) is 0.190. The van der Waals surface area contributed by atoms with E-state index in [-0.39, 0.29) is 29.0 Å². The molecule has 0 aliphatic heterocycles. The summed E-state index contributed by atoms with van der Waals surface area (Å²) in [7, 11) is 0. The van der Waals surface area contributed by atoms with Gasteiger partial charge in [-0.1, -0.05) is 11.6 Å². The standard InChI is InChI=1S/C21H17ClFN7O/c1-13(26-20(31)9-15-12-29-5-2-4-25-21(29)27-15)11-30-6-3-19(28-30)14-7-17(22)16(10-24)18(23)8-14/h2-8,12-13H,9,11H2,1H3,(H,26,31)/t13-/m0/s1. The number of carbonyl (C=O) groups is 1. The first kappa shape index (κ1) is 20.5. The van der Waals surface area contributed by atoms with E-state index >= 15 is 0 Å². The minimum absolute atomic E-state index is 0.0369. The van der Waals surface area contributed by atoms with Crippen molar-refractivity contribution in [2.75, 3.05) is 0 Å². The molecule has 31 heavy (non-hydrogen) atoms. The zero-order chi connectivity index (χ0) is 22.0. The molecule has 1 aromatic carbocycles. The maximum absolute atomic E-state index is 14.0. The van der Waals surface area contributed by atoms with Crippen molar-refractivity contribution in [3.8, 4) is 17.3 Å². The molecule has 0 fully saturated rings. The SMILES string of the molecule is C[C@@H](Cn1ccc(-c2cc(F)c(C#N)c(Cl)c2)n1)NC(=O)Cc1cn2cccnc2n1. The highest BCUT2D eigenvalue weighted by Gasteiger charge is 2.14. The van der Waals surface area contributed by atoms with Gasteiger partial charge in [-0.25, -0.2) is 14.4 Å². The number of rotatable bonds is 6.